The summed E-state index contributed by atoms with van der Waals surface area (Å²) in [5, 5.41) is 47.9. The fraction of sp³-hybridized carbons (Fsp3) is 1.00. The lowest BCUT2D eigenvalue weighted by Crippen LogP contribution is -2.54. The minimum atomic E-state index is -1.64. The number of hydrogen-bond acceptors (Lipinski definition) is 8. The minimum Gasteiger partial charge on any atom is -0.394 e. The number of hydrogen-bond donors (Lipinski definition) is 6. The summed E-state index contributed by atoms with van der Waals surface area (Å²) in [4.78, 5) is 0. The maximum absolute atomic E-state index is 9.95. The third-order valence-corrected chi connectivity index (χ3v) is 3.65. The van der Waals surface area contributed by atoms with E-state index < -0.39 is 43.2 Å². The summed E-state index contributed by atoms with van der Waals surface area (Å²) in [5.41, 5.74) is 0. The topological polar surface area (TPSA) is 120 Å². The van der Waals surface area contributed by atoms with E-state index >= 15 is 0 Å². The van der Waals surface area contributed by atoms with Crippen LogP contribution in [0.5, 0.6) is 0 Å². The first-order valence-corrected chi connectivity index (χ1v) is 6.97. The molecule has 6 atom stereocenters. The average Bonchev–Trinajstić information content (AvgIpc) is 2.38. The van der Waals surface area contributed by atoms with Crippen LogP contribution in [0.25, 0.3) is 0 Å². The molecule has 0 heterocycles. The molecule has 7 nitrogen and oxygen atoms in total. The van der Waals surface area contributed by atoms with Crippen molar-refractivity contribution in [2.75, 3.05) is 6.61 Å². The van der Waals surface area contributed by atoms with Crippen LogP contribution in [-0.2, 0) is 7.25 Å². The monoisotopic (exact) mass is 412 g/mol. The molecule has 0 spiro atoms. The van der Waals surface area contributed by atoms with Crippen LogP contribution in [0.2, 0.25) is 0 Å². The average molecular weight is 412 g/mol. The molecule has 0 aliphatic heterocycles. The number of halogens is 1. The van der Waals surface area contributed by atoms with Gasteiger partial charge >= 0.3 is 0 Å². The van der Waals surface area contributed by atoms with E-state index in [2.05, 4.69) is 17.1 Å². The van der Waals surface area contributed by atoms with Crippen LogP contribution in [0.3, 0.4) is 0 Å². The van der Waals surface area contributed by atoms with Gasteiger partial charge in [-0.25, -0.2) is 0 Å². The molecule has 9 heteroatoms. The van der Waals surface area contributed by atoms with Crippen LogP contribution >= 0.6 is 35.9 Å². The van der Waals surface area contributed by atoms with Gasteiger partial charge in [-0.2, -0.15) is 0 Å². The summed E-state index contributed by atoms with van der Waals surface area (Å²) in [7, 11) is 0. The number of aliphatic hydroxyl groups is 5. The van der Waals surface area contributed by atoms with Crippen molar-refractivity contribution in [2.45, 2.75) is 50.5 Å². The summed E-state index contributed by atoms with van der Waals surface area (Å²) in [6, 6.07) is 0. The lowest BCUT2D eigenvalue weighted by atomic mass is 9.92. The van der Waals surface area contributed by atoms with Gasteiger partial charge in [0.15, 0.2) is 0 Å². The van der Waals surface area contributed by atoms with Gasteiger partial charge in [0.25, 0.3) is 0 Å². The second-order valence-corrected chi connectivity index (χ2v) is 5.31. The second-order valence-electron chi connectivity index (χ2n) is 4.59. The molecule has 0 amide bonds. The molecule has 5 N–H and O–H groups in total. The molecule has 0 aliphatic rings. The summed E-state index contributed by atoms with van der Waals surface area (Å²) in [5.74, 6) is -0.105. The molecule has 0 rings (SSSR count). The third kappa shape index (κ3) is 5.59. The van der Waals surface area contributed by atoms with Crippen LogP contribution < -0.4 is 0 Å². The third-order valence-electron chi connectivity index (χ3n) is 2.82. The Morgan fingerprint density at radius 3 is 1.79 bits per heavy atom. The highest BCUT2D eigenvalue weighted by Gasteiger charge is 2.39. The van der Waals surface area contributed by atoms with Crippen LogP contribution in [0.1, 0.15) is 13.8 Å². The predicted molar refractivity (Wildman–Crippen MR) is 78.7 cm³/mol. The summed E-state index contributed by atoms with van der Waals surface area (Å²) >= 11 is 5.07. The van der Waals surface area contributed by atoms with E-state index in [-0.39, 0.29) is 5.92 Å². The van der Waals surface area contributed by atoms with E-state index in [4.69, 9.17) is 8.17 Å². The predicted octanol–water partition coefficient (Wildman–Crippen LogP) is -0.957. The van der Waals surface area contributed by atoms with Crippen molar-refractivity contribution in [2.24, 2.45) is 5.92 Å². The zero-order valence-electron chi connectivity index (χ0n) is 10.6. The Morgan fingerprint density at radius 1 is 1.00 bits per heavy atom. The zero-order chi connectivity index (χ0) is 15.2. The van der Waals surface area contributed by atoms with Crippen LogP contribution in [0.15, 0.2) is 0 Å². The van der Waals surface area contributed by atoms with Crippen molar-refractivity contribution in [3.05, 3.63) is 0 Å². The minimum absolute atomic E-state index is 0.105. The van der Waals surface area contributed by atoms with E-state index in [1.165, 1.54) is 0 Å². The highest BCUT2D eigenvalue weighted by molar-refractivity contribution is 14.1. The zero-order valence-corrected chi connectivity index (χ0v) is 13.7. The van der Waals surface area contributed by atoms with Crippen molar-refractivity contribution in [3.8, 4) is 0 Å². The van der Waals surface area contributed by atoms with Gasteiger partial charge in [-0.3, -0.25) is 0 Å². The van der Waals surface area contributed by atoms with Crippen LogP contribution in [-0.4, -0.2) is 68.8 Å². The lowest BCUT2D eigenvalue weighted by Gasteiger charge is -2.33. The van der Waals surface area contributed by atoms with Crippen molar-refractivity contribution in [1.82, 2.24) is 0 Å². The Kier molecular flexibility index (Phi) is 10.1. The number of rotatable bonds is 9. The standard InChI is InChI=1S/C10H21IO7S/c1-4(2)9(17-11)7(15)6(14)8(16)10(18-19)5(13)3-12/h4-10,12-16,19H,3H2,1-2H3. The first-order chi connectivity index (χ1) is 8.81. The normalized spacial score (nSPS) is 21.8. The SMILES string of the molecule is CC(C)C(OI)C(O)C(O)C(O)C(OS)C(O)CO. The molecular formula is C10H21IO7S. The molecule has 0 saturated heterocycles. The largest absolute Gasteiger partial charge is 0.394 e. The van der Waals surface area contributed by atoms with E-state index in [0.29, 0.717) is 0 Å². The number of thiol groups is 1. The van der Waals surface area contributed by atoms with Crippen molar-refractivity contribution >= 4 is 35.9 Å². The Bertz CT molecular complexity index is 246. The quantitative estimate of drug-likeness (QED) is 0.164. The number of aliphatic hydroxyl groups excluding tert-OH is 5. The Labute approximate surface area is 131 Å². The van der Waals surface area contributed by atoms with Gasteiger partial charge in [0.2, 0.25) is 0 Å². The van der Waals surface area contributed by atoms with Gasteiger partial charge in [-0.05, 0) is 18.8 Å². The van der Waals surface area contributed by atoms with Gasteiger partial charge in [-0.1, -0.05) is 13.8 Å². The Hall–Kier alpha value is 0.800. The summed E-state index contributed by atoms with van der Waals surface area (Å²) in [6.07, 6.45) is -8.14. The van der Waals surface area contributed by atoms with Crippen molar-refractivity contribution in [1.29, 1.82) is 0 Å². The van der Waals surface area contributed by atoms with Gasteiger partial charge in [0.05, 0.1) is 6.61 Å². The first kappa shape index (κ1) is 19.8. The first-order valence-electron chi connectivity index (χ1n) is 5.72. The molecule has 116 valence electrons. The molecule has 6 unspecified atom stereocenters. The summed E-state index contributed by atoms with van der Waals surface area (Å²) in [6.45, 7) is 2.88. The van der Waals surface area contributed by atoms with Gasteiger partial charge in [0.1, 0.15) is 59.6 Å². The maximum Gasteiger partial charge on any atom is 0.128 e. The van der Waals surface area contributed by atoms with E-state index in [1.54, 1.807) is 36.9 Å². The molecule has 0 aromatic heterocycles. The molecule has 0 fully saturated rings. The highest BCUT2D eigenvalue weighted by atomic mass is 127. The van der Waals surface area contributed by atoms with Gasteiger partial charge in [-0.15, -0.1) is 0 Å². The van der Waals surface area contributed by atoms with Crippen molar-refractivity contribution in [3.63, 3.8) is 0 Å². The van der Waals surface area contributed by atoms with E-state index in [0.717, 1.165) is 0 Å². The molecule has 0 aromatic rings. The molecular weight excluding hydrogens is 391 g/mol. The van der Waals surface area contributed by atoms with Crippen LogP contribution in [0.4, 0.5) is 0 Å². The van der Waals surface area contributed by atoms with Gasteiger partial charge in [0, 0.05) is 0 Å². The van der Waals surface area contributed by atoms with E-state index in [9.17, 15) is 20.4 Å². The smallest absolute Gasteiger partial charge is 0.128 e. The molecule has 0 saturated carbocycles. The molecule has 0 radical (unpaired) electrons. The molecule has 19 heavy (non-hydrogen) atoms. The summed E-state index contributed by atoms with van der Waals surface area (Å²) < 4.78 is 9.55. The molecule has 0 aliphatic carbocycles. The fourth-order valence-electron chi connectivity index (χ4n) is 1.60. The van der Waals surface area contributed by atoms with Gasteiger partial charge < -0.3 is 32.8 Å². The second kappa shape index (κ2) is 9.68. The molecule has 0 bridgehead atoms. The maximum atomic E-state index is 9.95. The fourth-order valence-corrected chi connectivity index (χ4v) is 2.76. The lowest BCUT2D eigenvalue weighted by molar-refractivity contribution is -0.145. The molecule has 0 aromatic carbocycles. The van der Waals surface area contributed by atoms with Crippen molar-refractivity contribution < 1.29 is 32.8 Å². The highest BCUT2D eigenvalue weighted by Crippen LogP contribution is 2.21. The Morgan fingerprint density at radius 2 is 1.47 bits per heavy atom. The Balaban J connectivity index is 4.81. The van der Waals surface area contributed by atoms with Crippen LogP contribution in [0, 0.1) is 5.92 Å². The van der Waals surface area contributed by atoms with E-state index in [1.807, 2.05) is 0 Å².